The van der Waals surface area contributed by atoms with E-state index >= 15 is 0 Å². The largest absolute Gasteiger partial charge is 0.429 e. The molecule has 0 aliphatic heterocycles. The molecule has 0 aliphatic rings. The fourth-order valence-corrected chi connectivity index (χ4v) is 0.910. The first-order valence-corrected chi connectivity index (χ1v) is 3.76. The van der Waals surface area contributed by atoms with Crippen LogP contribution in [-0.2, 0) is 14.4 Å². The smallest absolute Gasteiger partial charge is 0.298 e. The van der Waals surface area contributed by atoms with Crippen molar-refractivity contribution in [2.75, 3.05) is 0 Å². The zero-order valence-corrected chi connectivity index (χ0v) is 7.41. The van der Waals surface area contributed by atoms with Crippen molar-refractivity contribution in [2.24, 2.45) is 0 Å². The minimum atomic E-state index is -0.0172. The summed E-state index contributed by atoms with van der Waals surface area (Å²) < 4.78 is 13.5. The van der Waals surface area contributed by atoms with Gasteiger partial charge in [0.15, 0.2) is 11.5 Å². The van der Waals surface area contributed by atoms with Crippen LogP contribution in [0.1, 0.15) is 0 Å². The zero-order chi connectivity index (χ0) is 11.1. The molecule has 0 fully saturated rings. The minimum Gasteiger partial charge on any atom is -0.429 e. The highest BCUT2D eigenvalue weighted by Crippen LogP contribution is 2.30. The normalized spacial score (nSPS) is 8.80. The SMILES string of the molecule is O=COc1ccc(OC=O)c(OC=O)c1. The van der Waals surface area contributed by atoms with Gasteiger partial charge in [-0.15, -0.1) is 0 Å². The van der Waals surface area contributed by atoms with Crippen molar-refractivity contribution in [3.8, 4) is 17.2 Å². The summed E-state index contributed by atoms with van der Waals surface area (Å²) in [7, 11) is 0. The van der Waals surface area contributed by atoms with Crippen LogP contribution in [0.2, 0.25) is 0 Å². The van der Waals surface area contributed by atoms with E-state index in [0.29, 0.717) is 0 Å². The van der Waals surface area contributed by atoms with E-state index in [2.05, 4.69) is 14.2 Å². The lowest BCUT2D eigenvalue weighted by Crippen LogP contribution is -1.97. The topological polar surface area (TPSA) is 78.9 Å². The molecule has 78 valence electrons. The van der Waals surface area contributed by atoms with Gasteiger partial charge in [0.05, 0.1) is 0 Å². The van der Waals surface area contributed by atoms with Crippen LogP contribution < -0.4 is 14.2 Å². The molecule has 1 rings (SSSR count). The summed E-state index contributed by atoms with van der Waals surface area (Å²) in [6, 6.07) is 3.94. The lowest BCUT2D eigenvalue weighted by Gasteiger charge is -2.05. The van der Waals surface area contributed by atoms with Crippen LogP contribution in [-0.4, -0.2) is 19.4 Å². The quantitative estimate of drug-likeness (QED) is 0.628. The predicted molar refractivity (Wildman–Crippen MR) is 46.5 cm³/mol. The summed E-state index contributed by atoms with van der Waals surface area (Å²) in [4.78, 5) is 30.2. The Hall–Kier alpha value is -2.37. The first-order chi connectivity index (χ1) is 7.31. The van der Waals surface area contributed by atoms with Gasteiger partial charge in [0.2, 0.25) is 0 Å². The van der Waals surface area contributed by atoms with Gasteiger partial charge >= 0.3 is 0 Å². The van der Waals surface area contributed by atoms with Gasteiger partial charge in [0.25, 0.3) is 19.4 Å². The van der Waals surface area contributed by atoms with Crippen molar-refractivity contribution in [1.82, 2.24) is 0 Å². The second-order valence-corrected chi connectivity index (χ2v) is 2.25. The highest BCUT2D eigenvalue weighted by atomic mass is 16.6. The Morgan fingerprint density at radius 1 is 0.800 bits per heavy atom. The molecule has 0 radical (unpaired) electrons. The van der Waals surface area contributed by atoms with E-state index in [4.69, 9.17) is 0 Å². The summed E-state index contributed by atoms with van der Waals surface area (Å²) >= 11 is 0. The molecule has 1 aromatic carbocycles. The van der Waals surface area contributed by atoms with Gasteiger partial charge in [-0.25, -0.2) is 0 Å². The molecule has 0 heterocycles. The molecule has 0 aromatic heterocycles. The molecule has 0 bridgehead atoms. The van der Waals surface area contributed by atoms with Crippen molar-refractivity contribution in [1.29, 1.82) is 0 Å². The highest BCUT2D eigenvalue weighted by molar-refractivity contribution is 5.58. The molecule has 0 unspecified atom stereocenters. The predicted octanol–water partition coefficient (Wildman–Crippen LogP) is 0.292. The molecule has 0 aliphatic carbocycles. The fraction of sp³-hybridized carbons (Fsp3) is 0. The van der Waals surface area contributed by atoms with Crippen molar-refractivity contribution in [3.63, 3.8) is 0 Å². The first kappa shape index (κ1) is 10.7. The summed E-state index contributed by atoms with van der Waals surface area (Å²) in [6.45, 7) is 0.575. The number of carbonyl (C=O) groups is 3. The van der Waals surface area contributed by atoms with Gasteiger partial charge in [0, 0.05) is 6.07 Å². The maximum absolute atomic E-state index is 10.1. The van der Waals surface area contributed by atoms with Crippen LogP contribution in [0.3, 0.4) is 0 Å². The summed E-state index contributed by atoms with van der Waals surface area (Å²) in [5.41, 5.74) is 0. The van der Waals surface area contributed by atoms with E-state index in [0.717, 1.165) is 0 Å². The molecular weight excluding hydrogens is 204 g/mol. The lowest BCUT2D eigenvalue weighted by atomic mass is 10.3. The van der Waals surface area contributed by atoms with Gasteiger partial charge in [-0.05, 0) is 12.1 Å². The zero-order valence-electron chi connectivity index (χ0n) is 7.41. The Balaban J connectivity index is 3.01. The Morgan fingerprint density at radius 3 is 2.00 bits per heavy atom. The number of carbonyl (C=O) groups excluding carboxylic acids is 3. The molecule has 15 heavy (non-hydrogen) atoms. The van der Waals surface area contributed by atoms with Crippen LogP contribution in [0.15, 0.2) is 18.2 Å². The molecule has 0 atom stereocenters. The molecule has 0 saturated carbocycles. The monoisotopic (exact) mass is 210 g/mol. The van der Waals surface area contributed by atoms with Crippen LogP contribution >= 0.6 is 0 Å². The highest BCUT2D eigenvalue weighted by Gasteiger charge is 2.07. The number of ether oxygens (including phenoxy) is 3. The second kappa shape index (κ2) is 5.38. The third kappa shape index (κ3) is 2.80. The Kier molecular flexibility index (Phi) is 3.84. The molecule has 0 N–H and O–H groups in total. The van der Waals surface area contributed by atoms with Crippen molar-refractivity contribution in [3.05, 3.63) is 18.2 Å². The van der Waals surface area contributed by atoms with E-state index in [9.17, 15) is 14.4 Å². The summed E-state index contributed by atoms with van der Waals surface area (Å²) in [5.74, 6) is 0.201. The fourth-order valence-electron chi connectivity index (χ4n) is 0.910. The maximum atomic E-state index is 10.1. The second-order valence-electron chi connectivity index (χ2n) is 2.25. The van der Waals surface area contributed by atoms with Crippen molar-refractivity contribution >= 4 is 19.4 Å². The van der Waals surface area contributed by atoms with Crippen LogP contribution in [0.4, 0.5) is 0 Å². The third-order valence-electron chi connectivity index (χ3n) is 1.45. The Labute approximate surface area is 84.4 Å². The van der Waals surface area contributed by atoms with Crippen LogP contribution in [0, 0.1) is 0 Å². The molecule has 0 spiro atoms. The van der Waals surface area contributed by atoms with Crippen molar-refractivity contribution in [2.45, 2.75) is 0 Å². The average molecular weight is 210 g/mol. The summed E-state index contributed by atoms with van der Waals surface area (Å²) in [5, 5.41) is 0. The molecule has 1 aromatic rings. The number of hydrogen-bond donors (Lipinski definition) is 0. The van der Waals surface area contributed by atoms with E-state index in [1.165, 1.54) is 18.2 Å². The minimum absolute atomic E-state index is 0.0172. The Morgan fingerprint density at radius 2 is 1.40 bits per heavy atom. The maximum Gasteiger partial charge on any atom is 0.298 e. The van der Waals surface area contributed by atoms with Crippen molar-refractivity contribution < 1.29 is 28.6 Å². The molecule has 6 nitrogen and oxygen atoms in total. The summed E-state index contributed by atoms with van der Waals surface area (Å²) in [6.07, 6.45) is 0. The van der Waals surface area contributed by atoms with E-state index < -0.39 is 0 Å². The van der Waals surface area contributed by atoms with E-state index in [1.807, 2.05) is 0 Å². The Bertz CT molecular complexity index is 373. The van der Waals surface area contributed by atoms with Gasteiger partial charge in [-0.2, -0.15) is 0 Å². The molecule has 0 saturated heterocycles. The van der Waals surface area contributed by atoms with Gasteiger partial charge in [-0.1, -0.05) is 0 Å². The van der Waals surface area contributed by atoms with E-state index in [1.54, 1.807) is 0 Å². The van der Waals surface area contributed by atoms with Gasteiger partial charge in [0.1, 0.15) is 5.75 Å². The average Bonchev–Trinajstić information content (AvgIpc) is 2.23. The lowest BCUT2D eigenvalue weighted by molar-refractivity contribution is -0.123. The molecule has 6 heteroatoms. The molecular formula is C9H6O6. The standard InChI is InChI=1S/C9H6O6/c10-4-13-7-1-2-8(14-5-11)9(3-7)15-6-12/h1-6H. The van der Waals surface area contributed by atoms with E-state index in [-0.39, 0.29) is 36.7 Å². The van der Waals surface area contributed by atoms with Crippen LogP contribution in [0.5, 0.6) is 17.2 Å². The third-order valence-corrected chi connectivity index (χ3v) is 1.45. The van der Waals surface area contributed by atoms with Crippen LogP contribution in [0.25, 0.3) is 0 Å². The van der Waals surface area contributed by atoms with Gasteiger partial charge in [-0.3, -0.25) is 14.4 Å². The number of benzene rings is 1. The first-order valence-electron chi connectivity index (χ1n) is 3.76. The number of hydrogen-bond acceptors (Lipinski definition) is 6. The van der Waals surface area contributed by atoms with Gasteiger partial charge < -0.3 is 14.2 Å². The molecule has 0 amide bonds. The number of rotatable bonds is 6.